The lowest BCUT2D eigenvalue weighted by Gasteiger charge is -1.97. The minimum atomic E-state index is 0.350. The van der Waals surface area contributed by atoms with Crippen LogP contribution in [0.5, 0.6) is 0 Å². The van der Waals surface area contributed by atoms with Crippen LogP contribution in [0.15, 0.2) is 16.7 Å². The van der Waals surface area contributed by atoms with Crippen LogP contribution in [-0.4, -0.2) is 9.78 Å². The van der Waals surface area contributed by atoms with E-state index in [4.69, 9.17) is 21.8 Å². The third-order valence-electron chi connectivity index (χ3n) is 2.42. The van der Waals surface area contributed by atoms with Crippen molar-refractivity contribution in [3.63, 3.8) is 0 Å². The number of halogens is 1. The molecule has 0 unspecified atom stereocenters. The average molecular weight is 226 g/mol. The molecule has 0 aliphatic heterocycles. The molecule has 5 heteroatoms. The Morgan fingerprint density at radius 1 is 1.60 bits per heavy atom. The number of nitrogens with two attached hydrogens (primary N) is 1. The first-order valence-electron chi connectivity index (χ1n) is 4.69. The fraction of sp³-hybridized carbons (Fsp3) is 0.300. The van der Waals surface area contributed by atoms with Gasteiger partial charge in [-0.25, -0.2) is 0 Å². The largest absolute Gasteiger partial charge is 0.452 e. The first-order valence-corrected chi connectivity index (χ1v) is 5.07. The van der Waals surface area contributed by atoms with Crippen LogP contribution in [0.2, 0.25) is 5.22 Å². The third-order valence-corrected chi connectivity index (χ3v) is 2.71. The Morgan fingerprint density at radius 3 is 2.87 bits per heavy atom. The number of hydrogen-bond donors (Lipinski definition) is 1. The van der Waals surface area contributed by atoms with Gasteiger partial charge in [0.15, 0.2) is 0 Å². The molecule has 2 aromatic heterocycles. The first-order chi connectivity index (χ1) is 7.15. The van der Waals surface area contributed by atoms with Crippen LogP contribution in [0.25, 0.3) is 11.3 Å². The summed E-state index contributed by atoms with van der Waals surface area (Å²) >= 11 is 5.91. The van der Waals surface area contributed by atoms with E-state index in [2.05, 4.69) is 5.10 Å². The van der Waals surface area contributed by atoms with Gasteiger partial charge in [0, 0.05) is 12.6 Å². The van der Waals surface area contributed by atoms with Crippen molar-refractivity contribution in [3.05, 3.63) is 23.1 Å². The van der Waals surface area contributed by atoms with E-state index in [1.807, 2.05) is 14.0 Å². The molecule has 4 nitrogen and oxygen atoms in total. The Kier molecular flexibility index (Phi) is 2.44. The molecule has 0 aromatic carbocycles. The number of aromatic nitrogens is 2. The Morgan fingerprint density at radius 2 is 2.33 bits per heavy atom. The molecular weight excluding hydrogens is 214 g/mol. The highest BCUT2D eigenvalue weighted by Gasteiger charge is 2.17. The molecule has 80 valence electrons. The highest BCUT2D eigenvalue weighted by Crippen LogP contribution is 2.32. The summed E-state index contributed by atoms with van der Waals surface area (Å²) in [4.78, 5) is 0. The summed E-state index contributed by atoms with van der Waals surface area (Å²) < 4.78 is 6.69. The van der Waals surface area contributed by atoms with Gasteiger partial charge in [0.2, 0.25) is 5.22 Å². The van der Waals surface area contributed by atoms with E-state index in [0.717, 1.165) is 23.2 Å². The number of hydrogen-bond acceptors (Lipinski definition) is 3. The molecule has 0 bridgehead atoms. The summed E-state index contributed by atoms with van der Waals surface area (Å²) in [5.41, 5.74) is 8.49. The minimum Gasteiger partial charge on any atom is -0.452 e. The molecule has 2 aromatic rings. The van der Waals surface area contributed by atoms with Crippen molar-refractivity contribution in [2.75, 3.05) is 5.73 Å². The molecule has 0 radical (unpaired) electrons. The van der Waals surface area contributed by atoms with Gasteiger partial charge in [-0.05, 0) is 24.1 Å². The standard InChI is InChI=1S/C10H12ClN3O/c1-3-6-8(13-14(2)10(6)12)7-4-5-15-9(7)11/h4-5H,3,12H2,1-2H3. The highest BCUT2D eigenvalue weighted by molar-refractivity contribution is 6.31. The Bertz CT molecular complexity index is 487. The molecule has 0 saturated heterocycles. The molecule has 2 rings (SSSR count). The van der Waals surface area contributed by atoms with E-state index < -0.39 is 0 Å². The van der Waals surface area contributed by atoms with Gasteiger partial charge in [-0.1, -0.05) is 6.92 Å². The van der Waals surface area contributed by atoms with Gasteiger partial charge in [0.25, 0.3) is 0 Å². The van der Waals surface area contributed by atoms with Gasteiger partial charge in [0.05, 0.1) is 11.8 Å². The van der Waals surface area contributed by atoms with E-state index >= 15 is 0 Å². The lowest BCUT2D eigenvalue weighted by molar-refractivity contribution is 0.570. The summed E-state index contributed by atoms with van der Waals surface area (Å²) in [5, 5.41) is 4.68. The van der Waals surface area contributed by atoms with Crippen LogP contribution in [-0.2, 0) is 13.5 Å². The third kappa shape index (κ3) is 1.51. The summed E-state index contributed by atoms with van der Waals surface area (Å²) in [6.45, 7) is 2.03. The zero-order valence-corrected chi connectivity index (χ0v) is 9.38. The predicted octanol–water partition coefficient (Wildman–Crippen LogP) is 2.48. The molecule has 2 heterocycles. The fourth-order valence-corrected chi connectivity index (χ4v) is 1.81. The van der Waals surface area contributed by atoms with Crippen molar-refractivity contribution < 1.29 is 4.42 Å². The Hall–Kier alpha value is -1.42. The van der Waals surface area contributed by atoms with Crippen LogP contribution in [0.1, 0.15) is 12.5 Å². The maximum atomic E-state index is 5.91. The maximum absolute atomic E-state index is 5.91. The minimum absolute atomic E-state index is 0.350. The van der Waals surface area contributed by atoms with E-state index in [1.165, 1.54) is 0 Å². The second kappa shape index (κ2) is 3.62. The summed E-state index contributed by atoms with van der Waals surface area (Å²) in [5.74, 6) is 0.671. The molecule has 0 aliphatic rings. The first kappa shape index (κ1) is 10.1. The van der Waals surface area contributed by atoms with Crippen molar-refractivity contribution in [2.24, 2.45) is 7.05 Å². The van der Waals surface area contributed by atoms with Crippen molar-refractivity contribution >= 4 is 17.4 Å². The number of aryl methyl sites for hydroxylation is 1. The molecule has 0 saturated carbocycles. The van der Waals surface area contributed by atoms with E-state index in [9.17, 15) is 0 Å². The highest BCUT2D eigenvalue weighted by atomic mass is 35.5. The topological polar surface area (TPSA) is 57.0 Å². The van der Waals surface area contributed by atoms with E-state index in [0.29, 0.717) is 11.0 Å². The van der Waals surface area contributed by atoms with Gasteiger partial charge < -0.3 is 10.2 Å². The van der Waals surface area contributed by atoms with Gasteiger partial charge in [-0.15, -0.1) is 0 Å². The number of anilines is 1. The molecule has 0 amide bonds. The smallest absolute Gasteiger partial charge is 0.202 e. The van der Waals surface area contributed by atoms with Crippen LogP contribution < -0.4 is 5.73 Å². The summed E-state index contributed by atoms with van der Waals surface area (Å²) in [6.07, 6.45) is 2.36. The van der Waals surface area contributed by atoms with Crippen LogP contribution in [0.3, 0.4) is 0 Å². The van der Waals surface area contributed by atoms with Gasteiger partial charge >= 0.3 is 0 Å². The maximum Gasteiger partial charge on any atom is 0.202 e. The molecule has 0 spiro atoms. The van der Waals surface area contributed by atoms with Crippen LogP contribution >= 0.6 is 11.6 Å². The van der Waals surface area contributed by atoms with Crippen molar-refractivity contribution in [1.29, 1.82) is 0 Å². The molecular formula is C10H12ClN3O. The van der Waals surface area contributed by atoms with Crippen molar-refractivity contribution in [2.45, 2.75) is 13.3 Å². The number of nitrogen functional groups attached to an aromatic ring is 1. The van der Waals surface area contributed by atoms with Gasteiger partial charge in [-0.3, -0.25) is 4.68 Å². The molecule has 0 aliphatic carbocycles. The predicted molar refractivity (Wildman–Crippen MR) is 59.7 cm³/mol. The quantitative estimate of drug-likeness (QED) is 0.854. The SMILES string of the molecule is CCc1c(-c2ccoc2Cl)nn(C)c1N. The van der Waals surface area contributed by atoms with Gasteiger partial charge in [0.1, 0.15) is 11.5 Å². The normalized spacial score (nSPS) is 10.9. The van der Waals surface area contributed by atoms with Crippen molar-refractivity contribution in [1.82, 2.24) is 9.78 Å². The van der Waals surface area contributed by atoms with Crippen molar-refractivity contribution in [3.8, 4) is 11.3 Å². The summed E-state index contributed by atoms with van der Waals surface area (Å²) in [7, 11) is 1.81. The molecule has 2 N–H and O–H groups in total. The zero-order valence-electron chi connectivity index (χ0n) is 8.62. The number of rotatable bonds is 2. The lowest BCUT2D eigenvalue weighted by Crippen LogP contribution is -1.98. The zero-order chi connectivity index (χ0) is 11.0. The van der Waals surface area contributed by atoms with Crippen LogP contribution in [0, 0.1) is 0 Å². The molecule has 0 atom stereocenters. The Balaban J connectivity index is 2.63. The van der Waals surface area contributed by atoms with Gasteiger partial charge in [-0.2, -0.15) is 5.10 Å². The summed E-state index contributed by atoms with van der Waals surface area (Å²) in [6, 6.07) is 1.79. The number of nitrogens with zero attached hydrogens (tertiary/aromatic N) is 2. The molecule has 0 fully saturated rings. The second-order valence-electron chi connectivity index (χ2n) is 3.30. The average Bonchev–Trinajstić information content (AvgIpc) is 2.73. The van der Waals surface area contributed by atoms with E-state index in [-0.39, 0.29) is 0 Å². The molecule has 15 heavy (non-hydrogen) atoms. The lowest BCUT2D eigenvalue weighted by atomic mass is 10.1. The Labute approximate surface area is 92.6 Å². The van der Waals surface area contributed by atoms with E-state index in [1.54, 1.807) is 17.0 Å². The van der Waals surface area contributed by atoms with Crippen LogP contribution in [0.4, 0.5) is 5.82 Å². The number of furan rings is 1. The monoisotopic (exact) mass is 225 g/mol. The second-order valence-corrected chi connectivity index (χ2v) is 3.64. The fourth-order valence-electron chi connectivity index (χ4n) is 1.61.